The SMILES string of the molecule is CCc1cc2c(N3CCC(O)(c4cc(OC)cc(OC)c4)CC3)ncnc2s1. The van der Waals surface area contributed by atoms with Gasteiger partial charge in [0.15, 0.2) is 0 Å². The van der Waals surface area contributed by atoms with E-state index >= 15 is 0 Å². The summed E-state index contributed by atoms with van der Waals surface area (Å²) in [5, 5.41) is 12.4. The first-order valence-corrected chi connectivity index (χ1v) is 10.3. The van der Waals surface area contributed by atoms with E-state index in [1.54, 1.807) is 31.9 Å². The number of rotatable bonds is 5. The summed E-state index contributed by atoms with van der Waals surface area (Å²) >= 11 is 1.73. The lowest BCUT2D eigenvalue weighted by Gasteiger charge is -2.39. The maximum absolute atomic E-state index is 11.3. The van der Waals surface area contributed by atoms with Crippen molar-refractivity contribution >= 4 is 27.4 Å². The number of hydrogen-bond acceptors (Lipinski definition) is 7. The van der Waals surface area contributed by atoms with Crippen LogP contribution in [0.4, 0.5) is 5.82 Å². The fourth-order valence-corrected chi connectivity index (χ4v) is 4.70. The Hall–Kier alpha value is -2.38. The van der Waals surface area contributed by atoms with Crippen molar-refractivity contribution in [2.24, 2.45) is 0 Å². The van der Waals surface area contributed by atoms with Crippen molar-refractivity contribution in [3.8, 4) is 11.5 Å². The Kier molecular flexibility index (Phi) is 5.12. The lowest BCUT2D eigenvalue weighted by molar-refractivity contribution is 0.0113. The van der Waals surface area contributed by atoms with Gasteiger partial charge in [-0.25, -0.2) is 9.97 Å². The highest BCUT2D eigenvalue weighted by Crippen LogP contribution is 2.39. The molecule has 148 valence electrons. The van der Waals surface area contributed by atoms with Crippen LogP contribution in [0.5, 0.6) is 11.5 Å². The molecule has 0 amide bonds. The van der Waals surface area contributed by atoms with Crippen LogP contribution in [0.25, 0.3) is 10.2 Å². The highest BCUT2D eigenvalue weighted by atomic mass is 32.1. The molecule has 1 saturated heterocycles. The van der Waals surface area contributed by atoms with Crippen LogP contribution in [0.15, 0.2) is 30.6 Å². The normalized spacial score (nSPS) is 16.4. The monoisotopic (exact) mass is 399 g/mol. The third kappa shape index (κ3) is 3.40. The topological polar surface area (TPSA) is 67.7 Å². The van der Waals surface area contributed by atoms with Gasteiger partial charge >= 0.3 is 0 Å². The molecule has 0 radical (unpaired) electrons. The number of aryl methyl sites for hydroxylation is 1. The standard InChI is InChI=1S/C21H25N3O3S/c1-4-17-12-18-19(22-13-23-20(18)28-17)24-7-5-21(25,6-8-24)14-9-15(26-2)11-16(10-14)27-3/h9-13,25H,4-8H2,1-3H3. The Bertz CT molecular complexity index is 958. The largest absolute Gasteiger partial charge is 0.497 e. The minimum Gasteiger partial charge on any atom is -0.497 e. The zero-order chi connectivity index (χ0) is 19.7. The van der Waals surface area contributed by atoms with Crippen molar-refractivity contribution < 1.29 is 14.6 Å². The minimum atomic E-state index is -0.909. The number of hydrogen-bond donors (Lipinski definition) is 1. The van der Waals surface area contributed by atoms with Gasteiger partial charge in [-0.1, -0.05) is 6.92 Å². The van der Waals surface area contributed by atoms with E-state index in [0.29, 0.717) is 24.3 Å². The first-order chi connectivity index (χ1) is 13.6. The molecule has 3 heterocycles. The maximum Gasteiger partial charge on any atom is 0.140 e. The molecule has 28 heavy (non-hydrogen) atoms. The van der Waals surface area contributed by atoms with Crippen LogP contribution in [-0.4, -0.2) is 42.4 Å². The van der Waals surface area contributed by atoms with Gasteiger partial charge in [0.05, 0.1) is 25.2 Å². The van der Waals surface area contributed by atoms with E-state index in [1.165, 1.54) is 4.88 Å². The number of anilines is 1. The first kappa shape index (κ1) is 19.0. The summed E-state index contributed by atoms with van der Waals surface area (Å²) in [5.74, 6) is 2.34. The molecule has 2 aromatic heterocycles. The van der Waals surface area contributed by atoms with Crippen LogP contribution in [0.1, 0.15) is 30.2 Å². The Morgan fingerprint density at radius 3 is 2.36 bits per heavy atom. The Balaban J connectivity index is 1.59. The molecule has 7 heteroatoms. The molecule has 4 rings (SSSR count). The lowest BCUT2D eigenvalue weighted by Crippen LogP contribution is -2.43. The van der Waals surface area contributed by atoms with Crippen LogP contribution < -0.4 is 14.4 Å². The molecule has 0 spiro atoms. The predicted molar refractivity (Wildman–Crippen MR) is 112 cm³/mol. The average molecular weight is 400 g/mol. The van der Waals surface area contributed by atoms with Crippen LogP contribution in [-0.2, 0) is 12.0 Å². The number of benzene rings is 1. The zero-order valence-electron chi connectivity index (χ0n) is 16.4. The first-order valence-electron chi connectivity index (χ1n) is 9.50. The summed E-state index contributed by atoms with van der Waals surface area (Å²) in [6, 6.07) is 7.81. The summed E-state index contributed by atoms with van der Waals surface area (Å²) in [4.78, 5) is 13.6. The zero-order valence-corrected chi connectivity index (χ0v) is 17.3. The molecule has 1 N–H and O–H groups in total. The van der Waals surface area contributed by atoms with E-state index < -0.39 is 5.60 Å². The fourth-order valence-electron chi connectivity index (χ4n) is 3.77. The molecule has 1 aliphatic heterocycles. The number of nitrogens with zero attached hydrogens (tertiary/aromatic N) is 3. The molecule has 6 nitrogen and oxygen atoms in total. The van der Waals surface area contributed by atoms with Gasteiger partial charge < -0.3 is 19.5 Å². The highest BCUT2D eigenvalue weighted by molar-refractivity contribution is 7.18. The molecule has 0 atom stereocenters. The molecule has 1 aliphatic rings. The van der Waals surface area contributed by atoms with Crippen LogP contribution in [0.3, 0.4) is 0 Å². The smallest absolute Gasteiger partial charge is 0.140 e. The second-order valence-corrected chi connectivity index (χ2v) is 8.22. The number of fused-ring (bicyclic) bond motifs is 1. The highest BCUT2D eigenvalue weighted by Gasteiger charge is 2.35. The summed E-state index contributed by atoms with van der Waals surface area (Å²) < 4.78 is 10.7. The van der Waals surface area contributed by atoms with E-state index in [2.05, 4.69) is 27.9 Å². The Morgan fingerprint density at radius 1 is 1.07 bits per heavy atom. The van der Waals surface area contributed by atoms with Crippen molar-refractivity contribution in [2.45, 2.75) is 31.8 Å². The predicted octanol–water partition coefficient (Wildman–Crippen LogP) is 3.76. The summed E-state index contributed by atoms with van der Waals surface area (Å²) in [7, 11) is 3.24. The van der Waals surface area contributed by atoms with E-state index in [-0.39, 0.29) is 0 Å². The number of ether oxygens (including phenoxy) is 2. The van der Waals surface area contributed by atoms with E-state index in [0.717, 1.165) is 41.1 Å². The molecule has 0 aliphatic carbocycles. The summed E-state index contributed by atoms with van der Waals surface area (Å²) in [6.45, 7) is 3.60. The summed E-state index contributed by atoms with van der Waals surface area (Å²) in [6.07, 6.45) is 3.86. The molecule has 0 bridgehead atoms. The van der Waals surface area contributed by atoms with Crippen molar-refractivity contribution in [3.05, 3.63) is 41.0 Å². The second-order valence-electron chi connectivity index (χ2n) is 7.10. The van der Waals surface area contributed by atoms with Crippen molar-refractivity contribution in [1.29, 1.82) is 0 Å². The Morgan fingerprint density at radius 2 is 1.75 bits per heavy atom. The summed E-state index contributed by atoms with van der Waals surface area (Å²) in [5.41, 5.74) is -0.0757. The number of aromatic nitrogens is 2. The Labute approximate surface area is 168 Å². The number of aliphatic hydroxyl groups is 1. The molecule has 0 saturated carbocycles. The van der Waals surface area contributed by atoms with Crippen molar-refractivity contribution in [3.63, 3.8) is 0 Å². The van der Waals surface area contributed by atoms with Crippen molar-refractivity contribution in [1.82, 2.24) is 9.97 Å². The van der Waals surface area contributed by atoms with Crippen LogP contribution in [0, 0.1) is 0 Å². The molecule has 1 aromatic carbocycles. The third-order valence-electron chi connectivity index (χ3n) is 5.49. The minimum absolute atomic E-state index is 0.611. The number of methoxy groups -OCH3 is 2. The average Bonchev–Trinajstić information content (AvgIpc) is 3.17. The molecular formula is C21H25N3O3S. The van der Waals surface area contributed by atoms with Gasteiger partial charge in [0.25, 0.3) is 0 Å². The van der Waals surface area contributed by atoms with Gasteiger partial charge in [0.1, 0.15) is 28.5 Å². The quantitative estimate of drug-likeness (QED) is 0.705. The maximum atomic E-state index is 11.3. The number of piperidine rings is 1. The lowest BCUT2D eigenvalue weighted by atomic mass is 9.84. The van der Waals surface area contributed by atoms with E-state index in [9.17, 15) is 5.11 Å². The van der Waals surface area contributed by atoms with Gasteiger partial charge in [-0.3, -0.25) is 0 Å². The van der Waals surface area contributed by atoms with Crippen LogP contribution >= 0.6 is 11.3 Å². The van der Waals surface area contributed by atoms with Gasteiger partial charge in [-0.05, 0) is 43.0 Å². The second kappa shape index (κ2) is 7.56. The van der Waals surface area contributed by atoms with Gasteiger partial charge in [-0.15, -0.1) is 11.3 Å². The van der Waals surface area contributed by atoms with Crippen LogP contribution in [0.2, 0.25) is 0 Å². The van der Waals surface area contributed by atoms with Gasteiger partial charge in [-0.2, -0.15) is 0 Å². The molecule has 0 unspecified atom stereocenters. The molecule has 3 aromatic rings. The molecular weight excluding hydrogens is 374 g/mol. The van der Waals surface area contributed by atoms with Gasteiger partial charge in [0, 0.05) is 24.0 Å². The van der Waals surface area contributed by atoms with E-state index in [1.807, 2.05) is 18.2 Å². The fraction of sp³-hybridized carbons (Fsp3) is 0.429. The third-order valence-corrected chi connectivity index (χ3v) is 6.67. The van der Waals surface area contributed by atoms with Gasteiger partial charge in [0.2, 0.25) is 0 Å². The van der Waals surface area contributed by atoms with Crippen molar-refractivity contribution in [2.75, 3.05) is 32.2 Å². The number of thiophene rings is 1. The van der Waals surface area contributed by atoms with E-state index in [4.69, 9.17) is 9.47 Å². The molecule has 1 fully saturated rings.